The van der Waals surface area contributed by atoms with E-state index in [0.29, 0.717) is 0 Å². The van der Waals surface area contributed by atoms with Crippen molar-refractivity contribution in [1.82, 2.24) is 4.57 Å². The van der Waals surface area contributed by atoms with Gasteiger partial charge in [0.2, 0.25) is 0 Å². The van der Waals surface area contributed by atoms with Gasteiger partial charge in [-0.1, -0.05) is 91.5 Å². The molecule has 0 saturated heterocycles. The Balaban J connectivity index is 1.48. The fraction of sp³-hybridized carbons (Fsp3) is 0.0263. The van der Waals surface area contributed by atoms with E-state index < -0.39 is 0 Å². The average molecular weight is 513 g/mol. The SMILES string of the molecule is C=Cc1c(C=N)c2cc(-c3ccc4cc5ccccc5c(-c5ccccc5)c4c3)ccc2n1-c1cccc(C)c1. The number of benzene rings is 6. The molecule has 1 heterocycles. The van der Waals surface area contributed by atoms with Crippen LogP contribution >= 0.6 is 0 Å². The summed E-state index contributed by atoms with van der Waals surface area (Å²) in [5, 5.41) is 14.3. The molecule has 0 atom stereocenters. The second kappa shape index (κ2) is 9.52. The number of fused-ring (bicyclic) bond motifs is 3. The van der Waals surface area contributed by atoms with E-state index in [1.165, 1.54) is 44.4 Å². The lowest BCUT2D eigenvalue weighted by Crippen LogP contribution is -1.97. The largest absolute Gasteiger partial charge is 0.309 e. The fourth-order valence-corrected chi connectivity index (χ4v) is 6.07. The number of rotatable bonds is 5. The number of nitrogens with one attached hydrogen (secondary N) is 1. The molecular formula is C38H28N2. The third-order valence-corrected chi connectivity index (χ3v) is 7.90. The molecule has 40 heavy (non-hydrogen) atoms. The molecule has 0 spiro atoms. The summed E-state index contributed by atoms with van der Waals surface area (Å²) in [6, 6.07) is 43.4. The predicted octanol–water partition coefficient (Wildman–Crippen LogP) is 10.2. The number of nitrogens with zero attached hydrogens (tertiary/aromatic N) is 1. The molecule has 0 aliphatic carbocycles. The fourth-order valence-electron chi connectivity index (χ4n) is 6.07. The van der Waals surface area contributed by atoms with Gasteiger partial charge in [0, 0.05) is 22.9 Å². The molecule has 0 fully saturated rings. The minimum atomic E-state index is 0.880. The molecule has 0 radical (unpaired) electrons. The van der Waals surface area contributed by atoms with Crippen molar-refractivity contribution in [1.29, 1.82) is 5.41 Å². The van der Waals surface area contributed by atoms with E-state index in [-0.39, 0.29) is 0 Å². The lowest BCUT2D eigenvalue weighted by molar-refractivity contribution is 1.10. The van der Waals surface area contributed by atoms with E-state index in [4.69, 9.17) is 5.41 Å². The van der Waals surface area contributed by atoms with E-state index in [1.807, 2.05) is 6.08 Å². The number of hydrogen-bond acceptors (Lipinski definition) is 1. The minimum absolute atomic E-state index is 0.880. The van der Waals surface area contributed by atoms with Gasteiger partial charge in [-0.25, -0.2) is 0 Å². The first kappa shape index (κ1) is 23.9. The van der Waals surface area contributed by atoms with Crippen LogP contribution in [0.2, 0.25) is 0 Å². The van der Waals surface area contributed by atoms with Crippen LogP contribution in [0.25, 0.3) is 66.5 Å². The smallest absolute Gasteiger partial charge is 0.0550 e. The molecule has 0 saturated carbocycles. The van der Waals surface area contributed by atoms with Crippen LogP contribution in [0.3, 0.4) is 0 Å². The van der Waals surface area contributed by atoms with Crippen molar-refractivity contribution in [3.63, 3.8) is 0 Å². The maximum atomic E-state index is 8.28. The molecule has 7 aromatic rings. The Labute approximate surface area is 234 Å². The molecule has 2 nitrogen and oxygen atoms in total. The van der Waals surface area contributed by atoms with Gasteiger partial charge in [0.05, 0.1) is 11.2 Å². The van der Waals surface area contributed by atoms with Gasteiger partial charge >= 0.3 is 0 Å². The maximum absolute atomic E-state index is 8.28. The summed E-state index contributed by atoms with van der Waals surface area (Å²) < 4.78 is 2.21. The van der Waals surface area contributed by atoms with Crippen LogP contribution in [-0.2, 0) is 0 Å². The Hall–Kier alpha value is -5.21. The maximum Gasteiger partial charge on any atom is 0.0550 e. The van der Waals surface area contributed by atoms with E-state index in [1.54, 1.807) is 0 Å². The number of aromatic nitrogens is 1. The summed E-state index contributed by atoms with van der Waals surface area (Å²) >= 11 is 0. The summed E-state index contributed by atoms with van der Waals surface area (Å²) in [6.45, 7) is 6.20. The van der Waals surface area contributed by atoms with Crippen molar-refractivity contribution in [2.24, 2.45) is 0 Å². The van der Waals surface area contributed by atoms with Gasteiger partial charge < -0.3 is 9.98 Å². The Morgan fingerprint density at radius 3 is 2.12 bits per heavy atom. The van der Waals surface area contributed by atoms with Crippen LogP contribution in [0.15, 0.2) is 128 Å². The summed E-state index contributed by atoms with van der Waals surface area (Å²) in [6.07, 6.45) is 3.31. The molecule has 0 aliphatic rings. The second-order valence-electron chi connectivity index (χ2n) is 10.3. The molecule has 7 rings (SSSR count). The monoisotopic (exact) mass is 512 g/mol. The van der Waals surface area contributed by atoms with Gasteiger partial charge in [-0.15, -0.1) is 0 Å². The third-order valence-electron chi connectivity index (χ3n) is 7.90. The molecule has 2 heteroatoms. The molecule has 0 bridgehead atoms. The van der Waals surface area contributed by atoms with Crippen LogP contribution in [0.1, 0.15) is 16.8 Å². The van der Waals surface area contributed by atoms with Gasteiger partial charge in [0.25, 0.3) is 0 Å². The van der Waals surface area contributed by atoms with Crippen molar-refractivity contribution in [2.75, 3.05) is 0 Å². The molecule has 1 aromatic heterocycles. The summed E-state index contributed by atoms with van der Waals surface area (Å²) in [7, 11) is 0. The van der Waals surface area contributed by atoms with Crippen LogP contribution < -0.4 is 0 Å². The van der Waals surface area contributed by atoms with Crippen LogP contribution in [0, 0.1) is 12.3 Å². The summed E-state index contributed by atoms with van der Waals surface area (Å²) in [5.41, 5.74) is 9.91. The van der Waals surface area contributed by atoms with Crippen LogP contribution in [0.5, 0.6) is 0 Å². The standard InChI is InChI=1S/C38H28N2/c1-3-36-35(24-39)34-23-28(18-19-37(34)40(36)31-14-9-10-25(2)20-31)27-16-17-30-21-29-13-7-8-15-32(29)38(33(30)22-27)26-11-5-4-6-12-26/h3-24,39H,1H2,2H3. The Bertz CT molecular complexity index is 2090. The number of aryl methyl sites for hydroxylation is 1. The highest BCUT2D eigenvalue weighted by atomic mass is 15.0. The van der Waals surface area contributed by atoms with Gasteiger partial charge in [0.15, 0.2) is 0 Å². The highest BCUT2D eigenvalue weighted by Gasteiger charge is 2.17. The summed E-state index contributed by atoms with van der Waals surface area (Å²) in [5.74, 6) is 0. The number of hydrogen-bond donors (Lipinski definition) is 1. The van der Waals surface area contributed by atoms with Crippen molar-refractivity contribution >= 4 is 44.7 Å². The molecule has 0 aliphatic heterocycles. The van der Waals surface area contributed by atoms with E-state index in [0.717, 1.165) is 39.0 Å². The van der Waals surface area contributed by atoms with Crippen LogP contribution in [-0.4, -0.2) is 10.8 Å². The molecule has 6 aromatic carbocycles. The Kier molecular flexibility index (Phi) is 5.68. The van der Waals surface area contributed by atoms with Gasteiger partial charge in [-0.2, -0.15) is 0 Å². The normalized spacial score (nSPS) is 11.3. The molecule has 0 amide bonds. The van der Waals surface area contributed by atoms with Crippen molar-refractivity contribution < 1.29 is 0 Å². The summed E-state index contributed by atoms with van der Waals surface area (Å²) in [4.78, 5) is 0. The molecule has 1 N–H and O–H groups in total. The second-order valence-corrected chi connectivity index (χ2v) is 10.3. The highest BCUT2D eigenvalue weighted by molar-refractivity contribution is 6.13. The first-order valence-corrected chi connectivity index (χ1v) is 13.6. The zero-order valence-electron chi connectivity index (χ0n) is 22.4. The Morgan fingerprint density at radius 2 is 1.35 bits per heavy atom. The quantitative estimate of drug-likeness (QED) is 0.176. The topological polar surface area (TPSA) is 28.8 Å². The van der Waals surface area contributed by atoms with E-state index >= 15 is 0 Å². The molecular weight excluding hydrogens is 484 g/mol. The molecule has 0 unspecified atom stereocenters. The lowest BCUT2D eigenvalue weighted by Gasteiger charge is -2.14. The zero-order valence-corrected chi connectivity index (χ0v) is 22.4. The molecule has 190 valence electrons. The highest BCUT2D eigenvalue weighted by Crippen LogP contribution is 2.39. The van der Waals surface area contributed by atoms with Gasteiger partial charge in [0.1, 0.15) is 0 Å². The lowest BCUT2D eigenvalue weighted by atomic mass is 9.90. The predicted molar refractivity (Wildman–Crippen MR) is 172 cm³/mol. The van der Waals surface area contributed by atoms with Crippen molar-refractivity contribution in [3.8, 4) is 27.9 Å². The zero-order chi connectivity index (χ0) is 27.2. The van der Waals surface area contributed by atoms with E-state index in [9.17, 15) is 0 Å². The van der Waals surface area contributed by atoms with Gasteiger partial charge in [-0.05, 0) is 98.8 Å². The van der Waals surface area contributed by atoms with Gasteiger partial charge in [-0.3, -0.25) is 0 Å². The minimum Gasteiger partial charge on any atom is -0.309 e. The van der Waals surface area contributed by atoms with Crippen molar-refractivity contribution in [3.05, 3.63) is 145 Å². The Morgan fingerprint density at radius 1 is 0.625 bits per heavy atom. The van der Waals surface area contributed by atoms with E-state index in [2.05, 4.69) is 139 Å². The van der Waals surface area contributed by atoms with Crippen LogP contribution in [0.4, 0.5) is 0 Å². The first-order valence-electron chi connectivity index (χ1n) is 13.6. The first-order chi connectivity index (χ1) is 19.7. The third kappa shape index (κ3) is 3.77. The average Bonchev–Trinajstić information content (AvgIpc) is 3.32. The van der Waals surface area contributed by atoms with Crippen molar-refractivity contribution in [2.45, 2.75) is 6.92 Å².